The van der Waals surface area contributed by atoms with Crippen molar-refractivity contribution in [1.82, 2.24) is 5.01 Å². The zero-order valence-corrected chi connectivity index (χ0v) is 21.1. The summed E-state index contributed by atoms with van der Waals surface area (Å²) in [6, 6.07) is 24.2. The van der Waals surface area contributed by atoms with E-state index in [2.05, 4.69) is 34.1 Å². The number of esters is 1. The minimum Gasteiger partial charge on any atom is -0.507 e. The molecule has 0 spiro atoms. The van der Waals surface area contributed by atoms with Gasteiger partial charge in [-0.2, -0.15) is 5.10 Å². The summed E-state index contributed by atoms with van der Waals surface area (Å²) >= 11 is 3.28. The maximum absolute atomic E-state index is 13.4. The van der Waals surface area contributed by atoms with E-state index in [0.717, 1.165) is 41.7 Å². The Balaban J connectivity index is 1.42. The minimum atomic E-state index is -0.771. The summed E-state index contributed by atoms with van der Waals surface area (Å²) < 4.78 is 5.92. The van der Waals surface area contributed by atoms with Gasteiger partial charge in [-0.1, -0.05) is 76.6 Å². The molecule has 1 heterocycles. The first-order valence-corrected chi connectivity index (χ1v) is 12.7. The summed E-state index contributed by atoms with van der Waals surface area (Å²) in [4.78, 5) is 26.0. The van der Waals surface area contributed by atoms with Gasteiger partial charge in [0.05, 0.1) is 11.8 Å². The van der Waals surface area contributed by atoms with Crippen LogP contribution in [-0.2, 0) is 9.53 Å². The van der Waals surface area contributed by atoms with Gasteiger partial charge in [-0.15, -0.1) is 0 Å². The fraction of sp³-hybridized carbons (Fsp3) is 0.207. The molecule has 3 aromatic rings. The molecule has 0 aromatic heterocycles. The molecule has 0 radical (unpaired) electrons. The second kappa shape index (κ2) is 10.5. The van der Waals surface area contributed by atoms with E-state index in [0.29, 0.717) is 4.47 Å². The number of halogens is 1. The topological polar surface area (TPSA) is 79.2 Å². The first-order chi connectivity index (χ1) is 17.5. The van der Waals surface area contributed by atoms with E-state index in [4.69, 9.17) is 9.84 Å². The lowest BCUT2D eigenvalue weighted by molar-refractivity contribution is -0.137. The third-order valence-electron chi connectivity index (χ3n) is 6.54. The standard InChI is InChI=1S/C29H25BrN2O4/c30-22-14-15-25(33)24(17-22)29(35)36-18-26(34)32-28(20-10-5-2-6-11-20)23-13-7-12-21(27(23)31-32)16-19-8-3-1-4-9-19/h1-6,8-11,14-17,23,28,33H,7,12-13,18H2. The van der Waals surface area contributed by atoms with Crippen LogP contribution in [0.25, 0.3) is 6.08 Å². The highest BCUT2D eigenvalue weighted by Gasteiger charge is 2.43. The Bertz CT molecular complexity index is 1340. The van der Waals surface area contributed by atoms with Gasteiger partial charge in [0.1, 0.15) is 11.3 Å². The summed E-state index contributed by atoms with van der Waals surface area (Å²) in [5.74, 6) is -1.33. The third kappa shape index (κ3) is 4.97. The van der Waals surface area contributed by atoms with Crippen LogP contribution < -0.4 is 0 Å². The van der Waals surface area contributed by atoms with Crippen molar-refractivity contribution in [3.05, 3.63) is 106 Å². The average molecular weight is 545 g/mol. The van der Waals surface area contributed by atoms with Crippen molar-refractivity contribution in [2.45, 2.75) is 25.3 Å². The molecule has 1 saturated carbocycles. The molecule has 6 nitrogen and oxygen atoms in total. The van der Waals surface area contributed by atoms with E-state index >= 15 is 0 Å². The molecule has 0 bridgehead atoms. The number of rotatable bonds is 5. The molecule has 182 valence electrons. The van der Waals surface area contributed by atoms with Crippen LogP contribution in [0.3, 0.4) is 0 Å². The molecule has 2 unspecified atom stereocenters. The van der Waals surface area contributed by atoms with E-state index in [1.54, 1.807) is 6.07 Å². The van der Waals surface area contributed by atoms with Crippen molar-refractivity contribution in [2.24, 2.45) is 11.0 Å². The molecule has 5 rings (SSSR count). The van der Waals surface area contributed by atoms with Crippen LogP contribution in [0.4, 0.5) is 0 Å². The summed E-state index contributed by atoms with van der Waals surface area (Å²) in [6.45, 7) is -0.477. The Labute approximate surface area is 218 Å². The van der Waals surface area contributed by atoms with Crippen molar-refractivity contribution in [3.8, 4) is 5.75 Å². The lowest BCUT2D eigenvalue weighted by atomic mass is 9.77. The van der Waals surface area contributed by atoms with Gasteiger partial charge >= 0.3 is 5.97 Å². The van der Waals surface area contributed by atoms with Crippen molar-refractivity contribution in [1.29, 1.82) is 0 Å². The first kappa shape index (κ1) is 24.0. The fourth-order valence-electron chi connectivity index (χ4n) is 4.88. The first-order valence-electron chi connectivity index (χ1n) is 11.9. The normalized spacial score (nSPS) is 20.1. The maximum Gasteiger partial charge on any atom is 0.342 e. The molecule has 1 aliphatic heterocycles. The van der Waals surface area contributed by atoms with E-state index in [1.807, 2.05) is 48.5 Å². The smallest absolute Gasteiger partial charge is 0.342 e. The van der Waals surface area contributed by atoms with Crippen LogP contribution in [0.5, 0.6) is 5.75 Å². The van der Waals surface area contributed by atoms with Gasteiger partial charge < -0.3 is 9.84 Å². The predicted molar refractivity (Wildman–Crippen MR) is 141 cm³/mol. The molecule has 0 saturated heterocycles. The number of nitrogens with zero attached hydrogens (tertiary/aromatic N) is 2. The molecule has 3 aromatic carbocycles. The van der Waals surface area contributed by atoms with Crippen molar-refractivity contribution < 1.29 is 19.4 Å². The molecule has 7 heteroatoms. The number of fused-ring (bicyclic) bond motifs is 1. The second-order valence-corrected chi connectivity index (χ2v) is 9.81. The van der Waals surface area contributed by atoms with Crippen molar-refractivity contribution in [2.75, 3.05) is 6.61 Å². The van der Waals surface area contributed by atoms with Crippen LogP contribution in [0, 0.1) is 5.92 Å². The van der Waals surface area contributed by atoms with Crippen molar-refractivity contribution >= 4 is 39.6 Å². The second-order valence-electron chi connectivity index (χ2n) is 8.90. The molecule has 36 heavy (non-hydrogen) atoms. The van der Waals surface area contributed by atoms with Crippen LogP contribution in [0.2, 0.25) is 0 Å². The number of ether oxygens (including phenoxy) is 1. The number of aromatic hydroxyl groups is 1. The molecule has 2 atom stereocenters. The Hall–Kier alpha value is -3.71. The summed E-state index contributed by atoms with van der Waals surface area (Å²) in [7, 11) is 0. The highest BCUT2D eigenvalue weighted by molar-refractivity contribution is 9.10. The van der Waals surface area contributed by atoms with Gasteiger partial charge in [0.25, 0.3) is 5.91 Å². The number of carbonyl (C=O) groups excluding carboxylic acids is 2. The Morgan fingerprint density at radius 3 is 2.53 bits per heavy atom. The number of phenols is 1. The SMILES string of the molecule is O=C(OCC(=O)N1N=C2C(=Cc3ccccc3)CCCC2C1c1ccccc1)c1cc(Br)ccc1O. The number of amides is 1. The number of benzene rings is 3. The molecule has 1 aliphatic carbocycles. The molecule has 1 N–H and O–H groups in total. The largest absolute Gasteiger partial charge is 0.507 e. The Morgan fingerprint density at radius 2 is 1.78 bits per heavy atom. The number of carbonyl (C=O) groups is 2. The third-order valence-corrected chi connectivity index (χ3v) is 7.04. The van der Waals surface area contributed by atoms with E-state index in [9.17, 15) is 14.7 Å². The van der Waals surface area contributed by atoms with E-state index < -0.39 is 18.5 Å². The van der Waals surface area contributed by atoms with Crippen LogP contribution >= 0.6 is 15.9 Å². The van der Waals surface area contributed by atoms with Crippen molar-refractivity contribution in [3.63, 3.8) is 0 Å². The zero-order chi connectivity index (χ0) is 25.1. The van der Waals surface area contributed by atoms with Crippen LogP contribution in [-0.4, -0.2) is 34.3 Å². The molecular weight excluding hydrogens is 520 g/mol. The highest BCUT2D eigenvalue weighted by atomic mass is 79.9. The lowest BCUT2D eigenvalue weighted by Crippen LogP contribution is -2.34. The number of phenolic OH excluding ortho intramolecular Hbond substituents is 1. The Kier molecular flexibility index (Phi) is 7.00. The van der Waals surface area contributed by atoms with Gasteiger partial charge in [-0.05, 0) is 60.2 Å². The summed E-state index contributed by atoms with van der Waals surface area (Å²) in [5.41, 5.74) is 4.13. The summed E-state index contributed by atoms with van der Waals surface area (Å²) in [6.07, 6.45) is 4.97. The number of allylic oxidation sites excluding steroid dienone is 1. The van der Waals surface area contributed by atoms with Gasteiger partial charge in [0, 0.05) is 10.4 Å². The maximum atomic E-state index is 13.4. The summed E-state index contributed by atoms with van der Waals surface area (Å²) in [5, 5.41) is 16.3. The quantitative estimate of drug-likeness (QED) is 0.391. The minimum absolute atomic E-state index is 0.00808. The fourth-order valence-corrected chi connectivity index (χ4v) is 5.25. The van der Waals surface area contributed by atoms with Gasteiger partial charge in [-0.25, -0.2) is 9.80 Å². The molecule has 1 amide bonds. The monoisotopic (exact) mass is 544 g/mol. The number of hydrazone groups is 1. The Morgan fingerprint density at radius 1 is 1.06 bits per heavy atom. The molecule has 1 fully saturated rings. The van der Waals surface area contributed by atoms with E-state index in [1.165, 1.54) is 17.1 Å². The van der Waals surface area contributed by atoms with Gasteiger partial charge in [-0.3, -0.25) is 4.79 Å². The highest BCUT2D eigenvalue weighted by Crippen LogP contribution is 2.44. The number of hydrogen-bond acceptors (Lipinski definition) is 5. The predicted octanol–water partition coefficient (Wildman–Crippen LogP) is 6.13. The number of hydrogen-bond donors (Lipinski definition) is 1. The van der Waals surface area contributed by atoms with Gasteiger partial charge in [0.2, 0.25) is 0 Å². The molecular formula is C29H25BrN2O4. The van der Waals surface area contributed by atoms with Gasteiger partial charge in [0.15, 0.2) is 6.61 Å². The molecule has 2 aliphatic rings. The average Bonchev–Trinajstić information content (AvgIpc) is 3.30. The zero-order valence-electron chi connectivity index (χ0n) is 19.5. The van der Waals surface area contributed by atoms with E-state index in [-0.39, 0.29) is 23.3 Å². The van der Waals surface area contributed by atoms with Crippen LogP contribution in [0.1, 0.15) is 46.8 Å². The van der Waals surface area contributed by atoms with Crippen LogP contribution in [0.15, 0.2) is 94.0 Å². The lowest BCUT2D eigenvalue weighted by Gasteiger charge is -2.29.